The number of carbonyl (C=O) groups excluding carboxylic acids is 10. The lowest BCUT2D eigenvalue weighted by Crippen LogP contribution is -2.41. The lowest BCUT2D eigenvalue weighted by Gasteiger charge is -2.36. The molecule has 2 aliphatic heterocycles. The third-order valence-electron chi connectivity index (χ3n) is 17.8. The highest BCUT2D eigenvalue weighted by Gasteiger charge is 2.61. The van der Waals surface area contributed by atoms with Crippen molar-refractivity contribution in [3.8, 4) is 0 Å². The molecule has 42 heteroatoms. The van der Waals surface area contributed by atoms with E-state index in [9.17, 15) is 105 Å². The zero-order chi connectivity index (χ0) is 81.4. The van der Waals surface area contributed by atoms with Crippen LogP contribution >= 0.6 is 47.0 Å². The molecular formula is C68H96F4N8O26S4. The van der Waals surface area contributed by atoms with Gasteiger partial charge in [-0.3, -0.25) is 66.7 Å². The van der Waals surface area contributed by atoms with Crippen LogP contribution in [-0.4, -0.2) is 267 Å². The van der Waals surface area contributed by atoms with Crippen LogP contribution in [0.5, 0.6) is 0 Å². The minimum atomic E-state index is -3.93. The molecule has 0 bridgehead atoms. The summed E-state index contributed by atoms with van der Waals surface area (Å²) in [6, 6.07) is 2.02. The number of aliphatic carboxylic acids is 2. The summed E-state index contributed by atoms with van der Waals surface area (Å²) in [4.78, 5) is 177. The van der Waals surface area contributed by atoms with Gasteiger partial charge in [-0.05, 0) is 64.5 Å². The van der Waals surface area contributed by atoms with Gasteiger partial charge in [0.1, 0.15) is 47.0 Å². The van der Waals surface area contributed by atoms with Crippen LogP contribution in [0.25, 0.3) is 0 Å². The number of carbonyl (C=O) groups is 12. The number of esters is 2. The number of Topliss-reactive ketones (excluding diaryl/α,β-unsaturated/α-hetero) is 4. The molecule has 0 spiro atoms. The first-order valence-corrected chi connectivity index (χ1v) is 39.7. The Morgan fingerprint density at radius 2 is 0.882 bits per heavy atom. The highest BCUT2D eigenvalue weighted by atomic mass is 32.2. The van der Waals surface area contributed by atoms with Gasteiger partial charge in [0.25, 0.3) is 11.8 Å². The van der Waals surface area contributed by atoms with Crippen molar-refractivity contribution in [3.05, 3.63) is 45.5 Å². The fourth-order valence-corrected chi connectivity index (χ4v) is 17.5. The SMILES string of the molecule is CCC(CSC1CCC1SCC(CC(=O)CCOCCC(C)=O)C(=O)NCCC(=O)OCC(=O)Nc1ccn([C@H]2O[C@@H](CO)[C@H](O)C2(F)F)c(=O)n1)C(=O)O.CCC(CSC1CCC1SCC(CC(=O)CCOCCC(C)=O)C(=O)O)C(=O)NCCC(=O)OCC(=O)Nc1ccn([C@H]2O[C@@H](CO)[C@H](O)C2(F)F)c(=O)n1. The fourth-order valence-electron chi connectivity index (χ4n) is 10.8. The third kappa shape index (κ3) is 30.2. The van der Waals surface area contributed by atoms with Gasteiger partial charge in [0.15, 0.2) is 25.4 Å². The van der Waals surface area contributed by atoms with Crippen LogP contribution in [0.1, 0.15) is 130 Å². The molecule has 8 unspecified atom stereocenters. The van der Waals surface area contributed by atoms with Crippen molar-refractivity contribution in [1.82, 2.24) is 29.7 Å². The van der Waals surface area contributed by atoms with E-state index in [4.69, 9.17) is 38.6 Å². The van der Waals surface area contributed by atoms with Gasteiger partial charge in [-0.25, -0.2) is 9.59 Å². The summed E-state index contributed by atoms with van der Waals surface area (Å²) in [6.45, 7) is 3.59. The monoisotopic (exact) mass is 1640 g/mol. The van der Waals surface area contributed by atoms with Crippen LogP contribution in [0, 0.1) is 23.7 Å². The van der Waals surface area contributed by atoms with Crippen LogP contribution < -0.4 is 32.6 Å². The van der Waals surface area contributed by atoms with Crippen molar-refractivity contribution < 1.29 is 134 Å². The lowest BCUT2D eigenvalue weighted by molar-refractivity contribution is -0.147. The van der Waals surface area contributed by atoms with Crippen molar-refractivity contribution in [2.75, 3.05) is 99.6 Å². The van der Waals surface area contributed by atoms with E-state index >= 15 is 0 Å². The highest BCUT2D eigenvalue weighted by molar-refractivity contribution is 8.04. The Morgan fingerprint density at radius 1 is 0.536 bits per heavy atom. The van der Waals surface area contributed by atoms with Gasteiger partial charge in [0.05, 0.1) is 70.2 Å². The number of alkyl halides is 4. The Kier molecular flexibility index (Phi) is 39.9. The largest absolute Gasteiger partial charge is 0.481 e. The quantitative estimate of drug-likeness (QED) is 0.0258. The minimum Gasteiger partial charge on any atom is -0.481 e. The van der Waals surface area contributed by atoms with Crippen LogP contribution in [0.2, 0.25) is 0 Å². The van der Waals surface area contributed by atoms with Crippen molar-refractivity contribution in [2.45, 2.75) is 187 Å². The van der Waals surface area contributed by atoms with Gasteiger partial charge in [0.2, 0.25) is 24.3 Å². The van der Waals surface area contributed by atoms with Crippen LogP contribution in [0.3, 0.4) is 0 Å². The number of ether oxygens (including phenoxy) is 6. The fraction of sp³-hybridized carbons (Fsp3) is 0.706. The van der Waals surface area contributed by atoms with Crippen LogP contribution in [0.4, 0.5) is 29.2 Å². The number of thioether (sulfide) groups is 4. The Hall–Kier alpha value is -7.00. The maximum absolute atomic E-state index is 14.4. The predicted octanol–water partition coefficient (Wildman–Crippen LogP) is 2.37. The van der Waals surface area contributed by atoms with Gasteiger partial charge in [-0.1, -0.05) is 13.8 Å². The van der Waals surface area contributed by atoms with E-state index in [1.54, 1.807) is 35.3 Å². The third-order valence-corrected chi connectivity index (χ3v) is 24.5. The average Bonchev–Trinajstić information content (AvgIpc) is 1.62. The molecule has 4 aliphatic rings. The summed E-state index contributed by atoms with van der Waals surface area (Å²) in [5, 5.41) is 67.1. The summed E-state index contributed by atoms with van der Waals surface area (Å²) >= 11 is 6.29. The number of amides is 4. The van der Waals surface area contributed by atoms with Gasteiger partial charge < -0.3 is 80.3 Å². The number of hydrogen-bond acceptors (Lipinski definition) is 30. The van der Waals surface area contributed by atoms with E-state index in [1.165, 1.54) is 25.6 Å². The summed E-state index contributed by atoms with van der Waals surface area (Å²) < 4.78 is 88.6. The van der Waals surface area contributed by atoms with Crippen LogP contribution in [-0.2, 0) is 86.0 Å². The van der Waals surface area contributed by atoms with E-state index in [0.29, 0.717) is 39.2 Å². The number of anilines is 2. The van der Waals surface area contributed by atoms with Gasteiger partial charge in [0, 0.05) is 114 Å². The lowest BCUT2D eigenvalue weighted by atomic mass is 9.99. The minimum absolute atomic E-state index is 0.0148. The first kappa shape index (κ1) is 93.6. The second kappa shape index (κ2) is 46.9. The van der Waals surface area contributed by atoms with E-state index < -0.39 is 146 Å². The number of nitrogens with zero attached hydrogens (tertiary/aromatic N) is 4. The number of rotatable bonds is 50. The molecule has 2 aromatic rings. The van der Waals surface area contributed by atoms with E-state index in [1.807, 2.05) is 13.8 Å². The number of carboxylic acid groups (broad SMARTS) is 2. The summed E-state index contributed by atoms with van der Waals surface area (Å²) in [6.07, 6.45) is -6.22. The second-order valence-corrected chi connectivity index (χ2v) is 31.3. The molecule has 4 amide bonds. The highest BCUT2D eigenvalue weighted by Crippen LogP contribution is 2.45. The first-order chi connectivity index (χ1) is 52.1. The Bertz CT molecular complexity index is 3590. The summed E-state index contributed by atoms with van der Waals surface area (Å²) in [7, 11) is 0. The number of ketones is 4. The molecule has 2 aromatic heterocycles. The van der Waals surface area contributed by atoms with Gasteiger partial charge in [-0.15, -0.1) is 0 Å². The molecule has 4 fully saturated rings. The molecule has 2 aliphatic carbocycles. The first-order valence-electron chi connectivity index (χ1n) is 35.5. The topological polar surface area (TPSA) is 500 Å². The molecule has 34 nitrogen and oxygen atoms in total. The van der Waals surface area contributed by atoms with Crippen molar-refractivity contribution in [3.63, 3.8) is 0 Å². The van der Waals surface area contributed by atoms with E-state index in [0.717, 1.165) is 50.2 Å². The number of halogens is 4. The molecular weight excluding hydrogens is 1550 g/mol. The Labute approximate surface area is 646 Å². The molecule has 0 radical (unpaired) electrons. The summed E-state index contributed by atoms with van der Waals surface area (Å²) in [5.74, 6) is -15.8. The smallest absolute Gasteiger partial charge is 0.351 e. The van der Waals surface area contributed by atoms with Crippen molar-refractivity contribution in [2.24, 2.45) is 23.7 Å². The normalized spacial score (nSPS) is 22.5. The number of aliphatic hydroxyl groups is 4. The number of aromatic nitrogens is 4. The molecule has 10 N–H and O–H groups in total. The molecule has 6 rings (SSSR count). The van der Waals surface area contributed by atoms with E-state index in [-0.39, 0.29) is 164 Å². The molecule has 4 heterocycles. The second-order valence-electron chi connectivity index (χ2n) is 26.2. The molecule has 2 saturated heterocycles. The number of carboxylic acids is 2. The summed E-state index contributed by atoms with van der Waals surface area (Å²) in [5.41, 5.74) is -2.50. The van der Waals surface area contributed by atoms with Crippen molar-refractivity contribution >= 4 is 129 Å². The van der Waals surface area contributed by atoms with E-state index in [2.05, 4.69) is 31.2 Å². The number of nitrogens with one attached hydrogen (secondary N) is 4. The van der Waals surface area contributed by atoms with Crippen LogP contribution in [0.15, 0.2) is 34.1 Å². The molecule has 2 saturated carbocycles. The molecule has 110 heavy (non-hydrogen) atoms. The number of hydrogen-bond donors (Lipinski definition) is 10. The van der Waals surface area contributed by atoms with Crippen molar-refractivity contribution in [1.29, 1.82) is 0 Å². The zero-order valence-electron chi connectivity index (χ0n) is 61.0. The standard InChI is InChI=1S/2C34H48F2N4O13S2/c1-3-20(31(48)49)17-54-24-4-5-25(24)55-18-21(14-22(43)9-13-51-12-8-19(2)42)30(47)37-10-6-28(45)52-16-27(44)38-26-7-11-40(33(50)39-26)32-34(35,36)29(46)23(15-41)53-32;1-3-20(17-54-24-4-5-25(24)55-18-21(31(48)49)14-22(43)9-13-51-12-8-19(2)42)30(47)37-10-6-28(45)52-16-27(44)38-26-7-11-40(33(50)39-26)32-34(35,36)29(46)23(15-41)53-32/h2*7,11,20-21,23-25,29,32,41,46H,3-6,8-10,12-18H2,1-2H3,(H,37,47)(H,48,49)(H,38,39,44,50)/t2*20?,21?,23-,24?,25?,29-,32-/m00/s1. The van der Waals surface area contributed by atoms with Gasteiger partial charge >= 0.3 is 47.1 Å². The maximum atomic E-state index is 14.4. The Morgan fingerprint density at radius 3 is 1.22 bits per heavy atom. The maximum Gasteiger partial charge on any atom is 0.351 e. The zero-order valence-corrected chi connectivity index (χ0v) is 64.2. The number of aliphatic hydroxyl groups excluding tert-OH is 4. The Balaban J connectivity index is 0.000000394. The predicted molar refractivity (Wildman–Crippen MR) is 389 cm³/mol. The molecule has 14 atom stereocenters. The average molecular weight is 1650 g/mol. The molecule has 0 aromatic carbocycles. The molecule has 616 valence electrons. The van der Waals surface area contributed by atoms with Gasteiger partial charge in [-0.2, -0.15) is 74.6 Å².